The second-order valence-electron chi connectivity index (χ2n) is 7.89. The smallest absolute Gasteiger partial charge is 0.227 e. The van der Waals surface area contributed by atoms with E-state index in [0.29, 0.717) is 23.0 Å². The van der Waals surface area contributed by atoms with Crippen LogP contribution in [0.2, 0.25) is 5.02 Å². The Morgan fingerprint density at radius 3 is 2.42 bits per heavy atom. The lowest BCUT2D eigenvalue weighted by atomic mass is 10.1. The van der Waals surface area contributed by atoms with Crippen molar-refractivity contribution in [2.24, 2.45) is 0 Å². The molecule has 0 N–H and O–H groups in total. The molecule has 2 heterocycles. The number of aromatic nitrogens is 1. The molecule has 0 saturated carbocycles. The molecule has 1 aromatic heterocycles. The first-order valence-electron chi connectivity index (χ1n) is 10.2. The Hall–Kier alpha value is -2.16. The van der Waals surface area contributed by atoms with E-state index in [0.717, 1.165) is 34.0 Å². The molecule has 1 fully saturated rings. The Labute approximate surface area is 191 Å². The Morgan fingerprint density at radius 2 is 1.77 bits per heavy atom. The highest BCUT2D eigenvalue weighted by molar-refractivity contribution is 7.92. The number of carbonyl (C=O) groups is 1. The van der Waals surface area contributed by atoms with Crippen molar-refractivity contribution in [3.05, 3.63) is 53.1 Å². The summed E-state index contributed by atoms with van der Waals surface area (Å²) in [7, 11) is -3.30. The molecule has 0 aliphatic carbocycles. The van der Waals surface area contributed by atoms with Crippen LogP contribution in [0.25, 0.3) is 10.2 Å². The Bertz CT molecular complexity index is 1200. The van der Waals surface area contributed by atoms with Gasteiger partial charge in [-0.05, 0) is 49.7 Å². The van der Waals surface area contributed by atoms with Crippen LogP contribution in [0.15, 0.2) is 47.4 Å². The number of carbonyl (C=O) groups excluding carboxylic acids is 1. The van der Waals surface area contributed by atoms with Gasteiger partial charge in [0.2, 0.25) is 5.91 Å². The monoisotopic (exact) mass is 477 g/mol. The molecule has 0 atom stereocenters. The van der Waals surface area contributed by atoms with Crippen LogP contribution in [0.4, 0.5) is 5.13 Å². The predicted molar refractivity (Wildman–Crippen MR) is 126 cm³/mol. The van der Waals surface area contributed by atoms with Crippen molar-refractivity contribution in [1.82, 2.24) is 9.88 Å². The lowest BCUT2D eigenvalue weighted by molar-refractivity contribution is -0.130. The van der Waals surface area contributed by atoms with Gasteiger partial charge < -0.3 is 9.80 Å². The highest BCUT2D eigenvalue weighted by Gasteiger charge is 2.24. The molecule has 0 bridgehead atoms. The lowest BCUT2D eigenvalue weighted by Crippen LogP contribution is -2.49. The summed E-state index contributed by atoms with van der Waals surface area (Å²) in [5.41, 5.74) is 1.75. The van der Waals surface area contributed by atoms with E-state index in [-0.39, 0.29) is 12.3 Å². The zero-order valence-electron chi connectivity index (χ0n) is 17.4. The fraction of sp³-hybridized carbons (Fsp3) is 0.364. The second kappa shape index (κ2) is 8.76. The van der Waals surface area contributed by atoms with E-state index < -0.39 is 15.1 Å². The van der Waals surface area contributed by atoms with Gasteiger partial charge in [0.25, 0.3) is 0 Å². The topological polar surface area (TPSA) is 70.6 Å². The molecule has 0 radical (unpaired) electrons. The van der Waals surface area contributed by atoms with Crippen LogP contribution in [-0.4, -0.2) is 55.6 Å². The van der Waals surface area contributed by atoms with E-state index in [9.17, 15) is 13.2 Å². The molecule has 6 nitrogen and oxygen atoms in total. The third kappa shape index (κ3) is 4.71. The van der Waals surface area contributed by atoms with Crippen LogP contribution in [-0.2, 0) is 21.1 Å². The first-order valence-corrected chi connectivity index (χ1v) is 12.9. The summed E-state index contributed by atoms with van der Waals surface area (Å²) >= 11 is 7.68. The highest BCUT2D eigenvalue weighted by Crippen LogP contribution is 2.31. The zero-order valence-corrected chi connectivity index (χ0v) is 19.8. The molecule has 9 heteroatoms. The van der Waals surface area contributed by atoms with Crippen molar-refractivity contribution >= 4 is 54.0 Å². The van der Waals surface area contributed by atoms with Crippen LogP contribution in [0, 0.1) is 0 Å². The number of anilines is 1. The summed E-state index contributed by atoms with van der Waals surface area (Å²) in [6.45, 7) is 6.05. The number of benzene rings is 2. The molecule has 4 rings (SSSR count). The standard InChI is InChI=1S/C22H24ClN3O3S2/c1-15(2)31(28,29)18-6-3-16(4-7-18)13-21(27)25-9-11-26(12-10-25)22-24-19-8-5-17(23)14-20(19)30-22/h3-8,14-15H,9-13H2,1-2H3. The van der Waals surface area contributed by atoms with Crippen molar-refractivity contribution in [2.75, 3.05) is 31.1 Å². The molecular weight excluding hydrogens is 454 g/mol. The molecule has 164 valence electrons. The summed E-state index contributed by atoms with van der Waals surface area (Å²) in [5, 5.41) is 1.18. The molecule has 1 amide bonds. The molecular formula is C22H24ClN3O3S2. The van der Waals surface area contributed by atoms with Crippen molar-refractivity contribution in [1.29, 1.82) is 0 Å². The molecule has 2 aromatic carbocycles. The normalized spacial score (nSPS) is 15.1. The maximum absolute atomic E-state index is 12.7. The van der Waals surface area contributed by atoms with Crippen LogP contribution in [0.5, 0.6) is 0 Å². The minimum absolute atomic E-state index is 0.0511. The fourth-order valence-electron chi connectivity index (χ4n) is 3.52. The zero-order chi connectivity index (χ0) is 22.2. The van der Waals surface area contributed by atoms with Gasteiger partial charge >= 0.3 is 0 Å². The lowest BCUT2D eigenvalue weighted by Gasteiger charge is -2.34. The summed E-state index contributed by atoms with van der Waals surface area (Å²) in [6.07, 6.45) is 0.266. The average Bonchev–Trinajstić information content (AvgIpc) is 3.17. The van der Waals surface area contributed by atoms with E-state index in [2.05, 4.69) is 9.88 Å². The quantitative estimate of drug-likeness (QED) is 0.555. The number of hydrogen-bond donors (Lipinski definition) is 0. The molecule has 3 aromatic rings. The number of thiazole rings is 1. The van der Waals surface area contributed by atoms with Crippen LogP contribution < -0.4 is 4.90 Å². The first kappa shape index (κ1) is 22.0. The van der Waals surface area contributed by atoms with Gasteiger partial charge in [-0.2, -0.15) is 0 Å². The molecule has 1 saturated heterocycles. The first-order chi connectivity index (χ1) is 14.7. The van der Waals surface area contributed by atoms with Crippen molar-refractivity contribution in [3.63, 3.8) is 0 Å². The van der Waals surface area contributed by atoms with Crippen molar-refractivity contribution < 1.29 is 13.2 Å². The van der Waals surface area contributed by atoms with Gasteiger partial charge in [0.15, 0.2) is 15.0 Å². The number of nitrogens with zero attached hydrogens (tertiary/aromatic N) is 3. The van der Waals surface area contributed by atoms with Gasteiger partial charge in [-0.15, -0.1) is 0 Å². The number of halogens is 1. The third-order valence-electron chi connectivity index (χ3n) is 5.47. The number of piperazine rings is 1. The van der Waals surface area contributed by atoms with Gasteiger partial charge in [-0.25, -0.2) is 13.4 Å². The number of rotatable bonds is 5. The van der Waals surface area contributed by atoms with E-state index in [1.165, 1.54) is 0 Å². The molecule has 31 heavy (non-hydrogen) atoms. The number of fused-ring (bicyclic) bond motifs is 1. The SMILES string of the molecule is CC(C)S(=O)(=O)c1ccc(CC(=O)N2CCN(c3nc4ccc(Cl)cc4s3)CC2)cc1. The predicted octanol–water partition coefficient (Wildman–Crippen LogP) is 4.02. The van der Waals surface area contributed by atoms with Gasteiger partial charge in [0.05, 0.1) is 26.8 Å². The maximum Gasteiger partial charge on any atom is 0.227 e. The van der Waals surface area contributed by atoms with Gasteiger partial charge in [-0.1, -0.05) is 35.1 Å². The third-order valence-corrected chi connectivity index (χ3v) is 8.95. The number of hydrogen-bond acceptors (Lipinski definition) is 6. The van der Waals surface area contributed by atoms with E-state index in [1.54, 1.807) is 49.4 Å². The number of amides is 1. The van der Waals surface area contributed by atoms with E-state index in [4.69, 9.17) is 11.6 Å². The minimum Gasteiger partial charge on any atom is -0.345 e. The second-order valence-corrected chi connectivity index (χ2v) is 11.8. The Kier molecular flexibility index (Phi) is 6.23. The Balaban J connectivity index is 1.36. The largest absolute Gasteiger partial charge is 0.345 e. The van der Waals surface area contributed by atoms with Crippen LogP contribution >= 0.6 is 22.9 Å². The average molecular weight is 478 g/mol. The summed E-state index contributed by atoms with van der Waals surface area (Å²) in [4.78, 5) is 21.8. The fourth-order valence-corrected chi connectivity index (χ4v) is 5.88. The highest BCUT2D eigenvalue weighted by atomic mass is 35.5. The number of sulfone groups is 1. The summed E-state index contributed by atoms with van der Waals surface area (Å²) in [6, 6.07) is 12.3. The van der Waals surface area contributed by atoms with Gasteiger partial charge in [0, 0.05) is 31.2 Å². The van der Waals surface area contributed by atoms with E-state index >= 15 is 0 Å². The maximum atomic E-state index is 12.7. The van der Waals surface area contributed by atoms with Gasteiger partial charge in [-0.3, -0.25) is 4.79 Å². The summed E-state index contributed by atoms with van der Waals surface area (Å²) in [5.74, 6) is 0.0511. The summed E-state index contributed by atoms with van der Waals surface area (Å²) < 4.78 is 25.5. The molecule has 0 spiro atoms. The van der Waals surface area contributed by atoms with Crippen LogP contribution in [0.3, 0.4) is 0 Å². The minimum atomic E-state index is -3.30. The Morgan fingerprint density at radius 1 is 1.10 bits per heavy atom. The van der Waals surface area contributed by atoms with E-state index in [1.807, 2.05) is 23.1 Å². The van der Waals surface area contributed by atoms with Crippen molar-refractivity contribution in [3.8, 4) is 0 Å². The molecule has 1 aliphatic heterocycles. The van der Waals surface area contributed by atoms with Crippen molar-refractivity contribution in [2.45, 2.75) is 30.4 Å². The molecule has 1 aliphatic rings. The van der Waals surface area contributed by atoms with Gasteiger partial charge in [0.1, 0.15) is 0 Å². The molecule has 0 unspecified atom stereocenters. The van der Waals surface area contributed by atoms with Crippen LogP contribution in [0.1, 0.15) is 19.4 Å².